The summed E-state index contributed by atoms with van der Waals surface area (Å²) in [5.74, 6) is 0.124. The van der Waals surface area contributed by atoms with Gasteiger partial charge in [0.1, 0.15) is 11.6 Å². The van der Waals surface area contributed by atoms with Crippen molar-refractivity contribution in [3.05, 3.63) is 48.0 Å². The van der Waals surface area contributed by atoms with E-state index in [0.29, 0.717) is 17.6 Å². The lowest BCUT2D eigenvalue weighted by Gasteiger charge is -2.32. The van der Waals surface area contributed by atoms with Crippen molar-refractivity contribution in [3.63, 3.8) is 0 Å². The number of aryl methyl sites for hydroxylation is 1. The van der Waals surface area contributed by atoms with E-state index in [9.17, 15) is 4.79 Å². The second-order valence-electron chi connectivity index (χ2n) is 6.39. The molecule has 2 aromatic heterocycles. The first-order valence-corrected chi connectivity index (χ1v) is 8.54. The highest BCUT2D eigenvalue weighted by atomic mass is 16.5. The third-order valence-corrected chi connectivity index (χ3v) is 4.81. The van der Waals surface area contributed by atoms with Crippen molar-refractivity contribution < 1.29 is 9.53 Å². The van der Waals surface area contributed by atoms with E-state index in [-0.39, 0.29) is 17.9 Å². The Bertz CT molecular complexity index is 884. The Morgan fingerprint density at radius 2 is 2.36 bits per heavy atom. The first-order valence-electron chi connectivity index (χ1n) is 8.54. The SMILES string of the molecule is Cn1nccc1[C@@H]1OCCC[C@H]1CNC(=O)c1cccc2[nH]cnc12. The van der Waals surface area contributed by atoms with Gasteiger partial charge in [-0.3, -0.25) is 9.48 Å². The van der Waals surface area contributed by atoms with Gasteiger partial charge in [-0.05, 0) is 31.0 Å². The lowest BCUT2D eigenvalue weighted by atomic mass is 9.92. The Kier molecular flexibility index (Phi) is 4.23. The number of amides is 1. The molecule has 0 aliphatic carbocycles. The molecule has 0 saturated carbocycles. The second-order valence-corrected chi connectivity index (χ2v) is 6.39. The van der Waals surface area contributed by atoms with Gasteiger partial charge < -0.3 is 15.0 Å². The zero-order valence-electron chi connectivity index (χ0n) is 14.1. The Labute approximate surface area is 145 Å². The summed E-state index contributed by atoms with van der Waals surface area (Å²) >= 11 is 0. The van der Waals surface area contributed by atoms with Gasteiger partial charge in [0.15, 0.2) is 0 Å². The lowest BCUT2D eigenvalue weighted by Crippen LogP contribution is -2.35. The lowest BCUT2D eigenvalue weighted by molar-refractivity contribution is -0.0317. The number of hydrogen-bond acceptors (Lipinski definition) is 4. The van der Waals surface area contributed by atoms with E-state index in [1.165, 1.54) is 0 Å². The summed E-state index contributed by atoms with van der Waals surface area (Å²) in [5.41, 5.74) is 3.20. The molecule has 3 heterocycles. The van der Waals surface area contributed by atoms with E-state index in [0.717, 1.165) is 30.7 Å². The van der Waals surface area contributed by atoms with Gasteiger partial charge in [0.05, 0.1) is 23.1 Å². The summed E-state index contributed by atoms with van der Waals surface area (Å²) in [6.07, 6.45) is 5.37. The van der Waals surface area contributed by atoms with E-state index in [4.69, 9.17) is 4.74 Å². The smallest absolute Gasteiger partial charge is 0.253 e. The molecular weight excluding hydrogens is 318 g/mol. The molecule has 2 atom stereocenters. The molecule has 25 heavy (non-hydrogen) atoms. The van der Waals surface area contributed by atoms with Crippen LogP contribution in [-0.2, 0) is 11.8 Å². The number of benzene rings is 1. The molecule has 7 heteroatoms. The highest BCUT2D eigenvalue weighted by Crippen LogP contribution is 2.32. The molecule has 1 saturated heterocycles. The average Bonchev–Trinajstić information content (AvgIpc) is 3.28. The quantitative estimate of drug-likeness (QED) is 0.763. The number of nitrogens with one attached hydrogen (secondary N) is 2. The average molecular weight is 339 g/mol. The summed E-state index contributed by atoms with van der Waals surface area (Å²) in [6, 6.07) is 7.55. The van der Waals surface area contributed by atoms with Crippen molar-refractivity contribution in [2.45, 2.75) is 18.9 Å². The van der Waals surface area contributed by atoms with Crippen LogP contribution in [0.2, 0.25) is 0 Å². The number of nitrogens with zero attached hydrogens (tertiary/aromatic N) is 3. The molecule has 0 unspecified atom stereocenters. The van der Waals surface area contributed by atoms with Crippen molar-refractivity contribution in [3.8, 4) is 0 Å². The second kappa shape index (κ2) is 6.68. The minimum Gasteiger partial charge on any atom is -0.372 e. The molecular formula is C18H21N5O2. The molecule has 1 aliphatic rings. The zero-order chi connectivity index (χ0) is 17.2. The van der Waals surface area contributed by atoms with Crippen molar-refractivity contribution in [2.24, 2.45) is 13.0 Å². The van der Waals surface area contributed by atoms with Crippen LogP contribution < -0.4 is 5.32 Å². The maximum absolute atomic E-state index is 12.6. The first kappa shape index (κ1) is 15.8. The topological polar surface area (TPSA) is 84.8 Å². The van der Waals surface area contributed by atoms with E-state index >= 15 is 0 Å². The molecule has 3 aromatic rings. The molecule has 1 aromatic carbocycles. The normalized spacial score (nSPS) is 20.7. The summed E-state index contributed by atoms with van der Waals surface area (Å²) in [7, 11) is 1.92. The van der Waals surface area contributed by atoms with Crippen LogP contribution in [0.15, 0.2) is 36.8 Å². The Morgan fingerprint density at radius 3 is 3.20 bits per heavy atom. The van der Waals surface area contributed by atoms with Gasteiger partial charge in [0.2, 0.25) is 0 Å². The molecule has 0 spiro atoms. The molecule has 1 fully saturated rings. The number of imidazole rings is 1. The highest BCUT2D eigenvalue weighted by Gasteiger charge is 2.30. The molecule has 1 amide bonds. The Balaban J connectivity index is 1.48. The zero-order valence-corrected chi connectivity index (χ0v) is 14.1. The Morgan fingerprint density at radius 1 is 1.44 bits per heavy atom. The van der Waals surface area contributed by atoms with Crippen LogP contribution in [0, 0.1) is 5.92 Å². The van der Waals surface area contributed by atoms with Crippen LogP contribution in [-0.4, -0.2) is 38.8 Å². The third kappa shape index (κ3) is 3.02. The summed E-state index contributed by atoms with van der Waals surface area (Å²) in [4.78, 5) is 19.9. The van der Waals surface area contributed by atoms with E-state index in [2.05, 4.69) is 20.4 Å². The number of hydrogen-bond donors (Lipinski definition) is 2. The maximum Gasteiger partial charge on any atom is 0.253 e. The number of carbonyl (C=O) groups excluding carboxylic acids is 1. The van der Waals surface area contributed by atoms with Crippen LogP contribution >= 0.6 is 0 Å². The van der Waals surface area contributed by atoms with Crippen molar-refractivity contribution in [2.75, 3.05) is 13.2 Å². The number of ether oxygens (including phenoxy) is 1. The molecule has 130 valence electrons. The van der Waals surface area contributed by atoms with Gasteiger partial charge >= 0.3 is 0 Å². The van der Waals surface area contributed by atoms with Gasteiger partial charge in [-0.2, -0.15) is 5.10 Å². The fourth-order valence-corrected chi connectivity index (χ4v) is 3.51. The van der Waals surface area contributed by atoms with Gasteiger partial charge in [0.25, 0.3) is 5.91 Å². The maximum atomic E-state index is 12.6. The van der Waals surface area contributed by atoms with Crippen LogP contribution in [0.4, 0.5) is 0 Å². The number of rotatable bonds is 4. The van der Waals surface area contributed by atoms with E-state index in [1.807, 2.05) is 29.9 Å². The van der Waals surface area contributed by atoms with Crippen LogP contribution in [0.3, 0.4) is 0 Å². The number of carbonyl (C=O) groups is 1. The monoisotopic (exact) mass is 339 g/mol. The van der Waals surface area contributed by atoms with Crippen LogP contribution in [0.5, 0.6) is 0 Å². The predicted octanol–water partition coefficient (Wildman–Crippen LogP) is 2.19. The largest absolute Gasteiger partial charge is 0.372 e. The van der Waals surface area contributed by atoms with E-state index in [1.54, 1.807) is 18.6 Å². The number of H-pyrrole nitrogens is 1. The standard InChI is InChI=1S/C18H21N5O2/c1-23-15(7-8-22-23)17-12(4-3-9-25-17)10-19-18(24)13-5-2-6-14-16(13)21-11-20-14/h2,5-8,11-12,17H,3-4,9-10H2,1H3,(H,19,24)(H,20,21)/t12-,17+/m0/s1. The fourth-order valence-electron chi connectivity index (χ4n) is 3.51. The summed E-state index contributed by atoms with van der Waals surface area (Å²) < 4.78 is 7.82. The molecule has 4 rings (SSSR count). The molecule has 2 N–H and O–H groups in total. The van der Waals surface area contributed by atoms with Gasteiger partial charge in [0, 0.05) is 32.3 Å². The van der Waals surface area contributed by atoms with Gasteiger partial charge in [-0.25, -0.2) is 4.98 Å². The van der Waals surface area contributed by atoms with Crippen LogP contribution in [0.1, 0.15) is 35.0 Å². The van der Waals surface area contributed by atoms with Gasteiger partial charge in [-0.15, -0.1) is 0 Å². The van der Waals surface area contributed by atoms with E-state index < -0.39 is 0 Å². The number of para-hydroxylation sites is 1. The van der Waals surface area contributed by atoms with Crippen molar-refractivity contribution in [1.29, 1.82) is 0 Å². The molecule has 0 bridgehead atoms. The van der Waals surface area contributed by atoms with Crippen molar-refractivity contribution >= 4 is 16.9 Å². The third-order valence-electron chi connectivity index (χ3n) is 4.81. The number of fused-ring (bicyclic) bond motifs is 1. The minimum atomic E-state index is -0.105. The predicted molar refractivity (Wildman–Crippen MR) is 93.1 cm³/mol. The molecule has 7 nitrogen and oxygen atoms in total. The number of aromatic amines is 1. The summed E-state index contributed by atoms with van der Waals surface area (Å²) in [5, 5.41) is 7.29. The van der Waals surface area contributed by atoms with Gasteiger partial charge in [-0.1, -0.05) is 6.07 Å². The minimum absolute atomic E-state index is 0.0391. The first-order chi connectivity index (χ1) is 12.2. The Hall–Kier alpha value is -2.67. The van der Waals surface area contributed by atoms with Crippen LogP contribution in [0.25, 0.3) is 11.0 Å². The van der Waals surface area contributed by atoms with Crippen molar-refractivity contribution in [1.82, 2.24) is 25.1 Å². The number of aromatic nitrogens is 4. The highest BCUT2D eigenvalue weighted by molar-refractivity contribution is 6.04. The molecule has 1 aliphatic heterocycles. The molecule has 0 radical (unpaired) electrons. The summed E-state index contributed by atoms with van der Waals surface area (Å²) in [6.45, 7) is 1.31. The fraction of sp³-hybridized carbons (Fsp3) is 0.389.